The van der Waals surface area contributed by atoms with Crippen LogP contribution in [0.1, 0.15) is 37.2 Å². The van der Waals surface area contributed by atoms with Crippen LogP contribution in [-0.4, -0.2) is 20.2 Å². The molecule has 3 heterocycles. The van der Waals surface area contributed by atoms with Gasteiger partial charge >= 0.3 is 0 Å². The van der Waals surface area contributed by atoms with Crippen molar-refractivity contribution in [2.24, 2.45) is 0 Å². The molecule has 0 amide bonds. The number of aryl methyl sites for hydroxylation is 2. The van der Waals surface area contributed by atoms with Crippen LogP contribution in [0.5, 0.6) is 11.5 Å². The van der Waals surface area contributed by atoms with Crippen LogP contribution in [0.15, 0.2) is 56.9 Å². The number of hydrogen-bond donors (Lipinski definition) is 1. The number of hydrogen-bond acceptors (Lipinski definition) is 8. The third-order valence-electron chi connectivity index (χ3n) is 4.14. The van der Waals surface area contributed by atoms with Gasteiger partial charge in [0.15, 0.2) is 16.7 Å². The van der Waals surface area contributed by atoms with Gasteiger partial charge in [0, 0.05) is 34.5 Å². The minimum atomic E-state index is 0.229. The van der Waals surface area contributed by atoms with Crippen LogP contribution < -0.4 is 10.1 Å². The molecule has 1 N–H and O–H groups in total. The van der Waals surface area contributed by atoms with E-state index >= 15 is 0 Å². The second kappa shape index (κ2) is 9.36. The molecule has 0 bridgehead atoms. The second-order valence-corrected chi connectivity index (χ2v) is 8.65. The Morgan fingerprint density at radius 1 is 1.17 bits per heavy atom. The second-order valence-electron chi connectivity index (χ2n) is 6.87. The zero-order valence-corrected chi connectivity index (χ0v) is 18.9. The third kappa shape index (κ3) is 5.22. The fourth-order valence-corrected chi connectivity index (χ4v) is 3.68. The van der Waals surface area contributed by atoms with Crippen molar-refractivity contribution in [3.8, 4) is 11.5 Å². The molecule has 3 aromatic heterocycles. The zero-order chi connectivity index (χ0) is 20.9. The largest absolute Gasteiger partial charge is 0.453 e. The fraction of sp³-hybridized carbons (Fsp3) is 0.238. The molecule has 154 valence electrons. The van der Waals surface area contributed by atoms with Gasteiger partial charge in [-0.2, -0.15) is 0 Å². The molecular formula is C21H20BrN5O2S. The van der Waals surface area contributed by atoms with E-state index in [0.717, 1.165) is 27.5 Å². The standard InChI is InChI=1S/C21H20BrN5O2S/c1-13(2)20-27-26-18(29-20)9-8-15-12-30-21(24-15)25-19-17(10-14(22)11-23-19)28-16-6-4-3-5-7-16/h3-7,10-13H,8-9H2,1-2H3,(H,23,24,25). The van der Waals surface area contributed by atoms with E-state index in [9.17, 15) is 0 Å². The van der Waals surface area contributed by atoms with Gasteiger partial charge in [-0.25, -0.2) is 9.97 Å². The molecule has 0 saturated heterocycles. The summed E-state index contributed by atoms with van der Waals surface area (Å²) < 4.78 is 12.5. The smallest absolute Gasteiger partial charge is 0.219 e. The van der Waals surface area contributed by atoms with E-state index < -0.39 is 0 Å². The average molecular weight is 486 g/mol. The Bertz CT molecular complexity index is 1110. The number of nitrogens with one attached hydrogen (secondary N) is 1. The molecule has 0 aliphatic rings. The molecule has 0 aliphatic carbocycles. The molecule has 4 aromatic rings. The molecule has 0 radical (unpaired) electrons. The quantitative estimate of drug-likeness (QED) is 0.321. The molecule has 0 aliphatic heterocycles. The summed E-state index contributed by atoms with van der Waals surface area (Å²) in [5, 5.41) is 14.2. The Morgan fingerprint density at radius 2 is 2.00 bits per heavy atom. The van der Waals surface area contributed by atoms with Crippen LogP contribution in [0.25, 0.3) is 0 Å². The molecule has 0 saturated carbocycles. The Morgan fingerprint density at radius 3 is 2.77 bits per heavy atom. The van der Waals surface area contributed by atoms with Crippen molar-refractivity contribution in [3.05, 3.63) is 69.9 Å². The van der Waals surface area contributed by atoms with E-state index in [-0.39, 0.29) is 5.92 Å². The maximum Gasteiger partial charge on any atom is 0.219 e. The lowest BCUT2D eigenvalue weighted by Gasteiger charge is -2.11. The summed E-state index contributed by atoms with van der Waals surface area (Å²) in [6.07, 6.45) is 3.09. The average Bonchev–Trinajstić information content (AvgIpc) is 3.39. The normalized spacial score (nSPS) is 11.1. The number of nitrogens with zero attached hydrogens (tertiary/aromatic N) is 4. The van der Waals surface area contributed by atoms with Crippen molar-refractivity contribution in [1.82, 2.24) is 20.2 Å². The Kier molecular flexibility index (Phi) is 6.39. The summed E-state index contributed by atoms with van der Waals surface area (Å²) in [4.78, 5) is 9.09. The number of benzene rings is 1. The van der Waals surface area contributed by atoms with Crippen molar-refractivity contribution in [3.63, 3.8) is 0 Å². The van der Waals surface area contributed by atoms with E-state index in [1.54, 1.807) is 6.20 Å². The van der Waals surface area contributed by atoms with Crippen LogP contribution in [0.2, 0.25) is 0 Å². The number of rotatable bonds is 8. The highest BCUT2D eigenvalue weighted by Crippen LogP contribution is 2.33. The Balaban J connectivity index is 1.43. The topological polar surface area (TPSA) is 86.0 Å². The monoisotopic (exact) mass is 485 g/mol. The summed E-state index contributed by atoms with van der Waals surface area (Å²) in [6.45, 7) is 4.06. The van der Waals surface area contributed by atoms with Gasteiger partial charge in [0.2, 0.25) is 11.8 Å². The molecule has 0 atom stereocenters. The van der Waals surface area contributed by atoms with E-state index in [0.29, 0.717) is 29.8 Å². The van der Waals surface area contributed by atoms with Gasteiger partial charge in [-0.1, -0.05) is 32.0 Å². The van der Waals surface area contributed by atoms with Crippen molar-refractivity contribution in [1.29, 1.82) is 0 Å². The van der Waals surface area contributed by atoms with Crippen LogP contribution in [0.4, 0.5) is 10.9 Å². The first-order valence-corrected chi connectivity index (χ1v) is 11.2. The fourth-order valence-electron chi connectivity index (χ4n) is 2.62. The molecule has 4 rings (SSSR count). The molecule has 7 nitrogen and oxygen atoms in total. The van der Waals surface area contributed by atoms with Gasteiger partial charge in [0.25, 0.3) is 0 Å². The number of anilines is 2. The third-order valence-corrected chi connectivity index (χ3v) is 5.38. The maximum atomic E-state index is 5.99. The lowest BCUT2D eigenvalue weighted by Crippen LogP contribution is -1.98. The van der Waals surface area contributed by atoms with Crippen LogP contribution >= 0.6 is 27.3 Å². The lowest BCUT2D eigenvalue weighted by molar-refractivity contribution is 0.431. The number of thiazole rings is 1. The SMILES string of the molecule is CC(C)c1nnc(CCc2csc(Nc3ncc(Br)cc3Oc3ccccc3)n2)o1. The Labute approximate surface area is 186 Å². The van der Waals surface area contributed by atoms with Crippen molar-refractivity contribution >= 4 is 38.2 Å². The van der Waals surface area contributed by atoms with Crippen LogP contribution in [-0.2, 0) is 12.8 Å². The molecular weight excluding hydrogens is 466 g/mol. The summed E-state index contributed by atoms with van der Waals surface area (Å²) >= 11 is 4.96. The first-order valence-electron chi connectivity index (χ1n) is 9.49. The summed E-state index contributed by atoms with van der Waals surface area (Å²) in [6, 6.07) is 11.5. The minimum Gasteiger partial charge on any atom is -0.453 e. The highest BCUT2D eigenvalue weighted by molar-refractivity contribution is 9.10. The van der Waals surface area contributed by atoms with Crippen molar-refractivity contribution in [2.45, 2.75) is 32.6 Å². The van der Waals surface area contributed by atoms with Gasteiger partial charge in [-0.15, -0.1) is 21.5 Å². The Hall–Kier alpha value is -2.78. The van der Waals surface area contributed by atoms with Gasteiger partial charge < -0.3 is 14.5 Å². The molecule has 9 heteroatoms. The predicted octanol–water partition coefficient (Wildman–Crippen LogP) is 6.13. The van der Waals surface area contributed by atoms with Crippen LogP contribution in [0.3, 0.4) is 0 Å². The molecule has 30 heavy (non-hydrogen) atoms. The van der Waals surface area contributed by atoms with Gasteiger partial charge in [-0.3, -0.25) is 0 Å². The molecule has 1 aromatic carbocycles. The molecule has 0 fully saturated rings. The maximum absolute atomic E-state index is 5.99. The minimum absolute atomic E-state index is 0.229. The number of ether oxygens (including phenoxy) is 1. The first kappa shape index (κ1) is 20.5. The lowest BCUT2D eigenvalue weighted by atomic mass is 10.2. The number of halogens is 1. The number of pyridine rings is 1. The summed E-state index contributed by atoms with van der Waals surface area (Å²) in [7, 11) is 0. The van der Waals surface area contributed by atoms with E-state index in [2.05, 4.69) is 41.4 Å². The van der Waals surface area contributed by atoms with Gasteiger partial charge in [-0.05, 0) is 34.5 Å². The predicted molar refractivity (Wildman–Crippen MR) is 120 cm³/mol. The molecule has 0 unspecified atom stereocenters. The summed E-state index contributed by atoms with van der Waals surface area (Å²) in [5.74, 6) is 3.47. The van der Waals surface area contributed by atoms with E-state index in [4.69, 9.17) is 9.15 Å². The van der Waals surface area contributed by atoms with Crippen molar-refractivity contribution < 1.29 is 9.15 Å². The first-order chi connectivity index (χ1) is 14.6. The van der Waals surface area contributed by atoms with Crippen molar-refractivity contribution in [2.75, 3.05) is 5.32 Å². The highest BCUT2D eigenvalue weighted by atomic mass is 79.9. The van der Waals surface area contributed by atoms with Crippen LogP contribution in [0, 0.1) is 0 Å². The van der Waals surface area contributed by atoms with E-state index in [1.165, 1.54) is 11.3 Å². The molecule has 0 spiro atoms. The number of aromatic nitrogens is 4. The summed E-state index contributed by atoms with van der Waals surface area (Å²) in [5.41, 5.74) is 0.953. The highest BCUT2D eigenvalue weighted by Gasteiger charge is 2.13. The number of para-hydroxylation sites is 1. The zero-order valence-electron chi connectivity index (χ0n) is 16.5. The van der Waals surface area contributed by atoms with Gasteiger partial charge in [0.05, 0.1) is 5.69 Å². The van der Waals surface area contributed by atoms with E-state index in [1.807, 2.05) is 55.6 Å². The van der Waals surface area contributed by atoms with Gasteiger partial charge in [0.1, 0.15) is 5.75 Å².